The number of rotatable bonds is 6. The van der Waals surface area contributed by atoms with Gasteiger partial charge in [-0.3, -0.25) is 14.9 Å². The lowest BCUT2D eigenvalue weighted by Gasteiger charge is -2.04. The third-order valence-corrected chi connectivity index (χ3v) is 4.26. The molecule has 7 heteroatoms. The lowest BCUT2D eigenvalue weighted by molar-refractivity contribution is -0.385. The van der Waals surface area contributed by atoms with Crippen LogP contribution in [0.5, 0.6) is 0 Å². The highest BCUT2D eigenvalue weighted by Crippen LogP contribution is 2.28. The van der Waals surface area contributed by atoms with Crippen molar-refractivity contribution >= 4 is 17.7 Å². The van der Waals surface area contributed by atoms with E-state index in [1.54, 1.807) is 31.2 Å². The summed E-state index contributed by atoms with van der Waals surface area (Å²) < 4.78 is 5.66. The van der Waals surface area contributed by atoms with Crippen LogP contribution in [0.3, 0.4) is 0 Å². The second kappa shape index (κ2) is 8.67. The number of carbonyl (C=O) groups excluding carboxylic acids is 1. The Morgan fingerprint density at radius 3 is 2.66 bits per heavy atom. The molecule has 0 saturated carbocycles. The summed E-state index contributed by atoms with van der Waals surface area (Å²) in [6.07, 6.45) is 1.34. The summed E-state index contributed by atoms with van der Waals surface area (Å²) in [6, 6.07) is 19.2. The summed E-state index contributed by atoms with van der Waals surface area (Å²) in [5.41, 5.74) is 1.89. The van der Waals surface area contributed by atoms with Crippen molar-refractivity contribution < 1.29 is 14.1 Å². The van der Waals surface area contributed by atoms with Crippen LogP contribution in [0.25, 0.3) is 17.4 Å². The van der Waals surface area contributed by atoms with Crippen molar-refractivity contribution in [2.45, 2.75) is 13.5 Å². The van der Waals surface area contributed by atoms with Gasteiger partial charge >= 0.3 is 0 Å². The molecule has 3 aromatic rings. The van der Waals surface area contributed by atoms with Crippen molar-refractivity contribution in [2.75, 3.05) is 0 Å². The molecule has 0 unspecified atom stereocenters. The molecule has 0 aliphatic rings. The number of furan rings is 1. The predicted molar refractivity (Wildman–Crippen MR) is 107 cm³/mol. The fraction of sp³-hybridized carbons (Fsp3) is 0.0909. The fourth-order valence-corrected chi connectivity index (χ4v) is 2.71. The molecule has 0 aliphatic heterocycles. The molecule has 144 valence electrons. The van der Waals surface area contributed by atoms with Gasteiger partial charge in [0.1, 0.15) is 23.2 Å². The quantitative estimate of drug-likeness (QED) is 0.292. The average Bonchev–Trinajstić information content (AvgIpc) is 3.19. The van der Waals surface area contributed by atoms with Crippen LogP contribution in [-0.4, -0.2) is 10.8 Å². The Bertz CT molecular complexity index is 1120. The number of nitrogens with one attached hydrogen (secondary N) is 1. The zero-order valence-corrected chi connectivity index (χ0v) is 15.6. The number of nitriles is 1. The largest absolute Gasteiger partial charge is 0.457 e. The van der Waals surface area contributed by atoms with Crippen LogP contribution in [-0.2, 0) is 11.3 Å². The second-order valence-electron chi connectivity index (χ2n) is 6.30. The van der Waals surface area contributed by atoms with Gasteiger partial charge in [-0.1, -0.05) is 42.5 Å². The highest BCUT2D eigenvalue weighted by Gasteiger charge is 2.15. The van der Waals surface area contributed by atoms with E-state index in [1.165, 1.54) is 12.1 Å². The molecule has 1 aromatic heterocycles. The fourth-order valence-electron chi connectivity index (χ4n) is 2.71. The maximum absolute atomic E-state index is 12.3. The number of nitro groups is 1. The molecule has 0 atom stereocenters. The summed E-state index contributed by atoms with van der Waals surface area (Å²) in [4.78, 5) is 22.9. The van der Waals surface area contributed by atoms with Crippen LogP contribution < -0.4 is 5.32 Å². The smallest absolute Gasteiger partial charge is 0.273 e. The Morgan fingerprint density at radius 1 is 1.21 bits per heavy atom. The molecule has 0 radical (unpaired) electrons. The van der Waals surface area contributed by atoms with Crippen molar-refractivity contribution in [1.29, 1.82) is 5.26 Å². The van der Waals surface area contributed by atoms with Gasteiger partial charge in [-0.05, 0) is 24.6 Å². The molecule has 0 bridgehead atoms. The molecular formula is C22H17N3O4. The van der Waals surface area contributed by atoms with Crippen LogP contribution in [0, 0.1) is 28.4 Å². The molecule has 1 amide bonds. The average molecular weight is 387 g/mol. The van der Waals surface area contributed by atoms with E-state index in [0.29, 0.717) is 29.2 Å². The zero-order valence-electron chi connectivity index (χ0n) is 15.6. The van der Waals surface area contributed by atoms with Gasteiger partial charge in [0, 0.05) is 29.8 Å². The third-order valence-electron chi connectivity index (χ3n) is 4.26. The van der Waals surface area contributed by atoms with Crippen molar-refractivity contribution in [1.82, 2.24) is 5.32 Å². The first-order valence-corrected chi connectivity index (χ1v) is 8.77. The molecule has 1 heterocycles. The van der Waals surface area contributed by atoms with E-state index >= 15 is 0 Å². The number of hydrogen-bond donors (Lipinski definition) is 1. The summed E-state index contributed by atoms with van der Waals surface area (Å²) in [7, 11) is 0. The summed E-state index contributed by atoms with van der Waals surface area (Å²) in [6.45, 7) is 1.96. The number of benzene rings is 2. The van der Waals surface area contributed by atoms with Gasteiger partial charge in [-0.25, -0.2) is 0 Å². The first kappa shape index (κ1) is 19.6. The Balaban J connectivity index is 1.77. The van der Waals surface area contributed by atoms with Gasteiger partial charge in [0.25, 0.3) is 11.6 Å². The van der Waals surface area contributed by atoms with E-state index in [4.69, 9.17) is 4.42 Å². The highest BCUT2D eigenvalue weighted by atomic mass is 16.6. The SMILES string of the molecule is Cc1ccc(-c2ccc(/C=C(/C#N)C(=O)NCc3ccccc3)o2)cc1[N+](=O)[O-]. The number of nitrogens with zero attached hydrogens (tertiary/aromatic N) is 2. The standard InChI is InChI=1S/C22H17N3O4/c1-15-7-8-17(12-20(15)25(27)28)21-10-9-19(29-21)11-18(13-23)22(26)24-14-16-5-3-2-4-6-16/h2-12H,14H2,1H3,(H,24,26)/b18-11-. The summed E-state index contributed by atoms with van der Waals surface area (Å²) >= 11 is 0. The van der Waals surface area contributed by atoms with Crippen LogP contribution in [0.4, 0.5) is 5.69 Å². The maximum atomic E-state index is 12.3. The van der Waals surface area contributed by atoms with E-state index in [2.05, 4.69) is 5.32 Å². The Labute approximate surface area is 167 Å². The normalized spacial score (nSPS) is 11.0. The number of hydrogen-bond acceptors (Lipinski definition) is 5. The van der Waals surface area contributed by atoms with E-state index in [0.717, 1.165) is 5.56 Å². The highest BCUT2D eigenvalue weighted by molar-refractivity contribution is 6.01. The van der Waals surface area contributed by atoms with E-state index < -0.39 is 10.8 Å². The lowest BCUT2D eigenvalue weighted by atomic mass is 10.1. The summed E-state index contributed by atoms with van der Waals surface area (Å²) in [5, 5.41) is 23.1. The van der Waals surface area contributed by atoms with Gasteiger partial charge in [0.15, 0.2) is 0 Å². The number of aryl methyl sites for hydroxylation is 1. The topological polar surface area (TPSA) is 109 Å². The number of nitro benzene ring substituents is 1. The van der Waals surface area contributed by atoms with Gasteiger partial charge in [-0.2, -0.15) is 5.26 Å². The van der Waals surface area contributed by atoms with Gasteiger partial charge in [-0.15, -0.1) is 0 Å². The Hall–Kier alpha value is -4.18. The molecule has 0 aliphatic carbocycles. The van der Waals surface area contributed by atoms with Gasteiger partial charge in [0.2, 0.25) is 0 Å². The molecule has 2 aromatic carbocycles. The Kier molecular flexibility index (Phi) is 5.85. The second-order valence-corrected chi connectivity index (χ2v) is 6.30. The van der Waals surface area contributed by atoms with Crippen molar-refractivity contribution in [2.24, 2.45) is 0 Å². The first-order chi connectivity index (χ1) is 14.0. The molecule has 0 saturated heterocycles. The van der Waals surface area contributed by atoms with E-state index in [-0.39, 0.29) is 11.3 Å². The van der Waals surface area contributed by atoms with Gasteiger partial charge in [0.05, 0.1) is 4.92 Å². The van der Waals surface area contributed by atoms with Crippen molar-refractivity contribution in [3.8, 4) is 17.4 Å². The van der Waals surface area contributed by atoms with Crippen molar-refractivity contribution in [3.63, 3.8) is 0 Å². The molecular weight excluding hydrogens is 370 g/mol. The number of amides is 1. The maximum Gasteiger partial charge on any atom is 0.273 e. The minimum absolute atomic E-state index is 0.00556. The van der Waals surface area contributed by atoms with Crippen LogP contribution in [0.2, 0.25) is 0 Å². The lowest BCUT2D eigenvalue weighted by Crippen LogP contribution is -2.23. The summed E-state index contributed by atoms with van der Waals surface area (Å²) in [5.74, 6) is 0.191. The third kappa shape index (κ3) is 4.76. The van der Waals surface area contributed by atoms with Crippen molar-refractivity contribution in [3.05, 3.63) is 93.2 Å². The van der Waals surface area contributed by atoms with Gasteiger partial charge < -0.3 is 9.73 Å². The van der Waals surface area contributed by atoms with Crippen LogP contribution >= 0.6 is 0 Å². The number of carbonyl (C=O) groups is 1. The zero-order chi connectivity index (χ0) is 20.8. The first-order valence-electron chi connectivity index (χ1n) is 8.77. The molecule has 29 heavy (non-hydrogen) atoms. The van der Waals surface area contributed by atoms with E-state index in [1.807, 2.05) is 36.4 Å². The van der Waals surface area contributed by atoms with Crippen LogP contribution in [0.15, 0.2) is 70.7 Å². The predicted octanol–water partition coefficient (Wildman–Crippen LogP) is 4.39. The molecule has 7 nitrogen and oxygen atoms in total. The minimum Gasteiger partial charge on any atom is -0.457 e. The Morgan fingerprint density at radius 2 is 1.97 bits per heavy atom. The molecule has 3 rings (SSSR count). The minimum atomic E-state index is -0.514. The van der Waals surface area contributed by atoms with E-state index in [9.17, 15) is 20.2 Å². The molecule has 1 N–H and O–H groups in total. The molecule has 0 fully saturated rings. The molecule has 0 spiro atoms. The monoisotopic (exact) mass is 387 g/mol. The van der Waals surface area contributed by atoms with Crippen LogP contribution in [0.1, 0.15) is 16.9 Å².